The monoisotopic (exact) mass is 380 g/mol. The number of nitrogens with zero attached hydrogens (tertiary/aromatic N) is 3. The molecule has 1 atom stereocenters. The van der Waals surface area contributed by atoms with Crippen LogP contribution in [0.3, 0.4) is 0 Å². The normalized spacial score (nSPS) is 18.5. The quantitative estimate of drug-likeness (QED) is 0.466. The Hall–Kier alpha value is -3.93. The first-order valence-corrected chi connectivity index (χ1v) is 8.37. The lowest BCUT2D eigenvalue weighted by Crippen LogP contribution is -2.41. The number of hydrogen-bond donors (Lipinski definition) is 1. The van der Waals surface area contributed by atoms with E-state index in [4.69, 9.17) is 10.00 Å². The second kappa shape index (κ2) is 7.36. The van der Waals surface area contributed by atoms with Crippen molar-refractivity contribution in [2.24, 2.45) is 0 Å². The Kier molecular flexibility index (Phi) is 4.96. The van der Waals surface area contributed by atoms with Crippen LogP contribution in [0.25, 0.3) is 0 Å². The van der Waals surface area contributed by atoms with Crippen LogP contribution in [-0.2, 0) is 10.3 Å². The predicted molar refractivity (Wildman–Crippen MR) is 97.3 cm³/mol. The van der Waals surface area contributed by atoms with E-state index < -0.39 is 22.4 Å². The van der Waals surface area contributed by atoms with E-state index in [0.717, 1.165) is 4.90 Å². The van der Waals surface area contributed by atoms with Crippen molar-refractivity contribution in [3.8, 4) is 11.8 Å². The minimum Gasteiger partial charge on any atom is -0.492 e. The van der Waals surface area contributed by atoms with E-state index in [-0.39, 0.29) is 18.8 Å². The molecule has 9 nitrogen and oxygen atoms in total. The summed E-state index contributed by atoms with van der Waals surface area (Å²) in [6, 6.07) is 13.5. The number of benzene rings is 2. The number of carbonyl (C=O) groups is 2. The zero-order chi connectivity index (χ0) is 20.3. The molecule has 0 bridgehead atoms. The van der Waals surface area contributed by atoms with Gasteiger partial charge in [-0.1, -0.05) is 18.2 Å². The van der Waals surface area contributed by atoms with Gasteiger partial charge >= 0.3 is 6.03 Å². The number of amides is 3. The molecule has 2 aromatic rings. The molecule has 1 heterocycles. The molecule has 0 aromatic heterocycles. The number of nitro groups is 1. The largest absolute Gasteiger partial charge is 0.492 e. The Morgan fingerprint density at radius 3 is 2.71 bits per heavy atom. The molecular weight excluding hydrogens is 364 g/mol. The molecule has 0 radical (unpaired) electrons. The number of carbonyl (C=O) groups excluding carboxylic acids is 2. The maximum atomic E-state index is 12.8. The molecule has 1 N–H and O–H groups in total. The van der Waals surface area contributed by atoms with Crippen LogP contribution in [0.1, 0.15) is 18.1 Å². The van der Waals surface area contributed by atoms with Crippen molar-refractivity contribution in [1.82, 2.24) is 10.2 Å². The van der Waals surface area contributed by atoms with Crippen molar-refractivity contribution in [1.29, 1.82) is 5.26 Å². The van der Waals surface area contributed by atoms with E-state index in [1.165, 1.54) is 25.1 Å². The van der Waals surface area contributed by atoms with Gasteiger partial charge in [0.25, 0.3) is 11.6 Å². The maximum Gasteiger partial charge on any atom is 0.325 e. The van der Waals surface area contributed by atoms with Crippen LogP contribution in [0.4, 0.5) is 10.5 Å². The summed E-state index contributed by atoms with van der Waals surface area (Å²) < 4.78 is 5.52. The van der Waals surface area contributed by atoms with E-state index in [9.17, 15) is 19.7 Å². The van der Waals surface area contributed by atoms with Crippen molar-refractivity contribution in [3.05, 3.63) is 69.8 Å². The fraction of sp³-hybridized carbons (Fsp3) is 0.211. The average Bonchev–Trinajstić information content (AvgIpc) is 2.92. The Labute approximate surface area is 160 Å². The SMILES string of the molecule is C[C@]1(c2cccc([N+](=O)[O-])c2)NC(=O)N(CCOc2cccc(C#N)c2)C1=O. The van der Waals surface area contributed by atoms with Crippen LogP contribution in [0.2, 0.25) is 0 Å². The Morgan fingerprint density at radius 2 is 2.00 bits per heavy atom. The standard InChI is InChI=1S/C19H16N4O5/c1-19(14-5-3-6-15(11-14)23(26)27)17(24)22(18(25)21-19)8-9-28-16-7-2-4-13(10-16)12-20/h2-7,10-11H,8-9H2,1H3,(H,21,25)/t19-/m1/s1. The van der Waals surface area contributed by atoms with Crippen LogP contribution < -0.4 is 10.1 Å². The number of hydrogen-bond acceptors (Lipinski definition) is 6. The molecule has 28 heavy (non-hydrogen) atoms. The summed E-state index contributed by atoms with van der Waals surface area (Å²) in [5.74, 6) is -0.0695. The third kappa shape index (κ3) is 3.48. The number of ether oxygens (including phenoxy) is 1. The molecule has 1 saturated heterocycles. The topological polar surface area (TPSA) is 126 Å². The minimum absolute atomic E-state index is 0.00797. The van der Waals surface area contributed by atoms with Crippen LogP contribution >= 0.6 is 0 Å². The number of rotatable bonds is 6. The second-order valence-corrected chi connectivity index (χ2v) is 6.31. The van der Waals surface area contributed by atoms with Gasteiger partial charge in [0.1, 0.15) is 17.9 Å². The molecule has 0 saturated carbocycles. The fourth-order valence-electron chi connectivity index (χ4n) is 2.94. The van der Waals surface area contributed by atoms with Gasteiger partial charge in [0.2, 0.25) is 0 Å². The smallest absolute Gasteiger partial charge is 0.325 e. The Bertz CT molecular complexity index is 1000. The molecule has 3 rings (SSSR count). The summed E-state index contributed by atoms with van der Waals surface area (Å²) in [7, 11) is 0. The molecule has 1 fully saturated rings. The van der Waals surface area contributed by atoms with Gasteiger partial charge in [-0.2, -0.15) is 5.26 Å². The highest BCUT2D eigenvalue weighted by Crippen LogP contribution is 2.30. The zero-order valence-electron chi connectivity index (χ0n) is 14.9. The van der Waals surface area contributed by atoms with Gasteiger partial charge < -0.3 is 10.1 Å². The van der Waals surface area contributed by atoms with Crippen LogP contribution in [0.15, 0.2) is 48.5 Å². The summed E-state index contributed by atoms with van der Waals surface area (Å²) in [6.07, 6.45) is 0. The van der Waals surface area contributed by atoms with Gasteiger partial charge in [-0.15, -0.1) is 0 Å². The van der Waals surface area contributed by atoms with Gasteiger partial charge in [-0.3, -0.25) is 19.8 Å². The first-order chi connectivity index (χ1) is 13.3. The van der Waals surface area contributed by atoms with Gasteiger partial charge in [-0.05, 0) is 30.7 Å². The number of nitro benzene ring substituents is 1. The van der Waals surface area contributed by atoms with E-state index in [2.05, 4.69) is 5.32 Å². The molecular formula is C19H16N4O5. The minimum atomic E-state index is -1.40. The van der Waals surface area contributed by atoms with Gasteiger partial charge in [0.05, 0.1) is 23.1 Å². The summed E-state index contributed by atoms with van der Waals surface area (Å²) in [4.78, 5) is 36.6. The summed E-state index contributed by atoms with van der Waals surface area (Å²) in [6.45, 7) is 1.54. The molecule has 9 heteroatoms. The number of nitriles is 1. The molecule has 1 aliphatic rings. The molecule has 2 aromatic carbocycles. The first-order valence-electron chi connectivity index (χ1n) is 8.37. The lowest BCUT2D eigenvalue weighted by atomic mass is 9.91. The highest BCUT2D eigenvalue weighted by molar-refractivity contribution is 6.07. The highest BCUT2D eigenvalue weighted by Gasteiger charge is 2.49. The molecule has 0 aliphatic carbocycles. The second-order valence-electron chi connectivity index (χ2n) is 6.31. The van der Waals surface area contributed by atoms with Gasteiger partial charge in [0, 0.05) is 12.1 Å². The lowest BCUT2D eigenvalue weighted by molar-refractivity contribution is -0.385. The number of non-ortho nitro benzene ring substituents is 1. The van der Waals surface area contributed by atoms with E-state index in [1.807, 2.05) is 6.07 Å². The predicted octanol–water partition coefficient (Wildman–Crippen LogP) is 2.31. The average molecular weight is 380 g/mol. The molecule has 1 aliphatic heterocycles. The maximum absolute atomic E-state index is 12.8. The number of imide groups is 1. The van der Waals surface area contributed by atoms with Crippen molar-refractivity contribution in [3.63, 3.8) is 0 Å². The fourth-order valence-corrected chi connectivity index (χ4v) is 2.94. The Balaban J connectivity index is 1.71. The van der Waals surface area contributed by atoms with Crippen LogP contribution in [0, 0.1) is 21.4 Å². The summed E-state index contributed by atoms with van der Waals surface area (Å²) >= 11 is 0. The molecule has 0 unspecified atom stereocenters. The molecule has 0 spiro atoms. The highest BCUT2D eigenvalue weighted by atomic mass is 16.6. The van der Waals surface area contributed by atoms with E-state index in [0.29, 0.717) is 16.9 Å². The van der Waals surface area contributed by atoms with E-state index >= 15 is 0 Å². The first kappa shape index (κ1) is 18.8. The van der Waals surface area contributed by atoms with Crippen LogP contribution in [0.5, 0.6) is 5.75 Å². The van der Waals surface area contributed by atoms with Crippen molar-refractivity contribution >= 4 is 17.6 Å². The van der Waals surface area contributed by atoms with Crippen molar-refractivity contribution < 1.29 is 19.2 Å². The lowest BCUT2D eigenvalue weighted by Gasteiger charge is -2.22. The summed E-state index contributed by atoms with van der Waals surface area (Å²) in [5, 5.41) is 22.5. The van der Waals surface area contributed by atoms with Gasteiger partial charge in [-0.25, -0.2) is 4.79 Å². The van der Waals surface area contributed by atoms with Crippen molar-refractivity contribution in [2.75, 3.05) is 13.2 Å². The third-order valence-electron chi connectivity index (χ3n) is 4.46. The van der Waals surface area contributed by atoms with Crippen molar-refractivity contribution in [2.45, 2.75) is 12.5 Å². The summed E-state index contributed by atoms with van der Waals surface area (Å²) in [5.41, 5.74) is -0.806. The third-order valence-corrected chi connectivity index (χ3v) is 4.46. The number of urea groups is 1. The Morgan fingerprint density at radius 1 is 1.25 bits per heavy atom. The molecule has 3 amide bonds. The van der Waals surface area contributed by atoms with Crippen LogP contribution in [-0.4, -0.2) is 34.9 Å². The van der Waals surface area contributed by atoms with Gasteiger partial charge in [0.15, 0.2) is 0 Å². The number of nitrogens with one attached hydrogen (secondary N) is 1. The molecule has 142 valence electrons. The van der Waals surface area contributed by atoms with E-state index in [1.54, 1.807) is 30.3 Å². The zero-order valence-corrected chi connectivity index (χ0v) is 14.9.